The average molecular weight is 321 g/mol. The summed E-state index contributed by atoms with van der Waals surface area (Å²) < 4.78 is 0. The van der Waals surface area contributed by atoms with Crippen LogP contribution in [0.5, 0.6) is 0 Å². The highest BCUT2D eigenvalue weighted by molar-refractivity contribution is 7.09. The molecular formula is C17H15N5S. The number of hydrogen-bond donors (Lipinski definition) is 1. The summed E-state index contributed by atoms with van der Waals surface area (Å²) in [4.78, 5) is 4.64. The maximum absolute atomic E-state index is 4.64. The van der Waals surface area contributed by atoms with E-state index < -0.39 is 5.66 Å². The van der Waals surface area contributed by atoms with E-state index in [0.29, 0.717) is 0 Å². The number of rotatable bonds is 3. The van der Waals surface area contributed by atoms with E-state index in [1.165, 1.54) is 0 Å². The molecule has 114 valence electrons. The number of aryl methyl sites for hydroxylation is 1. The summed E-state index contributed by atoms with van der Waals surface area (Å²) in [6.45, 7) is 1.99. The van der Waals surface area contributed by atoms with Crippen molar-refractivity contribution in [2.75, 3.05) is 5.12 Å². The van der Waals surface area contributed by atoms with E-state index in [1.54, 1.807) is 16.5 Å². The van der Waals surface area contributed by atoms with Crippen LogP contribution in [0.2, 0.25) is 0 Å². The summed E-state index contributed by atoms with van der Waals surface area (Å²) in [6, 6.07) is 20.0. The highest BCUT2D eigenvalue weighted by Crippen LogP contribution is 2.38. The molecule has 1 aliphatic rings. The third kappa shape index (κ3) is 2.42. The minimum atomic E-state index is -0.782. The lowest BCUT2D eigenvalue weighted by molar-refractivity contribution is 0.458. The Hall–Kier alpha value is -2.57. The van der Waals surface area contributed by atoms with E-state index in [2.05, 4.69) is 20.7 Å². The minimum absolute atomic E-state index is 0.782. The Balaban J connectivity index is 1.79. The molecule has 0 aliphatic carbocycles. The van der Waals surface area contributed by atoms with Gasteiger partial charge in [0.2, 0.25) is 5.66 Å². The van der Waals surface area contributed by atoms with Crippen LogP contribution in [0.25, 0.3) is 0 Å². The summed E-state index contributed by atoms with van der Waals surface area (Å²) in [5, 5.41) is 13.5. The number of thiazole rings is 1. The monoisotopic (exact) mass is 321 g/mol. The molecule has 2 aromatic carbocycles. The molecule has 1 aliphatic heterocycles. The lowest BCUT2D eigenvalue weighted by atomic mass is 10.0. The van der Waals surface area contributed by atoms with Gasteiger partial charge in [-0.25, -0.2) is 4.98 Å². The SMILES string of the molecule is Cc1csc(C2(c3ccccc3)N=NN(c3ccccc3)N2)n1. The third-order valence-corrected chi connectivity index (χ3v) is 4.74. The molecule has 3 aromatic rings. The summed E-state index contributed by atoms with van der Waals surface area (Å²) in [5.74, 6) is 0. The van der Waals surface area contributed by atoms with Crippen molar-refractivity contribution in [3.05, 3.63) is 82.3 Å². The van der Waals surface area contributed by atoms with Crippen LogP contribution in [0, 0.1) is 6.92 Å². The van der Waals surface area contributed by atoms with E-state index in [4.69, 9.17) is 0 Å². The minimum Gasteiger partial charge on any atom is -0.242 e. The van der Waals surface area contributed by atoms with Gasteiger partial charge in [-0.15, -0.1) is 16.5 Å². The normalized spacial score (nSPS) is 20.1. The molecule has 0 bridgehead atoms. The van der Waals surface area contributed by atoms with Crippen molar-refractivity contribution in [3.63, 3.8) is 0 Å². The van der Waals surface area contributed by atoms with Crippen molar-refractivity contribution in [3.8, 4) is 0 Å². The maximum atomic E-state index is 4.64. The number of hydrogen-bond acceptors (Lipinski definition) is 6. The number of nitrogens with zero attached hydrogens (tertiary/aromatic N) is 4. The zero-order valence-corrected chi connectivity index (χ0v) is 13.4. The van der Waals surface area contributed by atoms with E-state index in [0.717, 1.165) is 22.0 Å². The van der Waals surface area contributed by atoms with Gasteiger partial charge in [-0.1, -0.05) is 53.8 Å². The quantitative estimate of drug-likeness (QED) is 0.792. The van der Waals surface area contributed by atoms with Gasteiger partial charge in [-0.05, 0) is 19.1 Å². The maximum Gasteiger partial charge on any atom is 0.229 e. The molecule has 5 nitrogen and oxygen atoms in total. The molecule has 1 atom stereocenters. The number of aromatic nitrogens is 1. The van der Waals surface area contributed by atoms with Crippen molar-refractivity contribution < 1.29 is 0 Å². The standard InChI is InChI=1S/C17H15N5S/c1-13-12-23-16(18-13)17(14-8-4-2-5-9-14)19-21-22(20-17)15-10-6-3-7-11-15/h2-12,20H,1H3. The van der Waals surface area contributed by atoms with Gasteiger partial charge in [-0.3, -0.25) is 0 Å². The smallest absolute Gasteiger partial charge is 0.229 e. The topological polar surface area (TPSA) is 52.9 Å². The Bertz CT molecular complexity index is 830. The van der Waals surface area contributed by atoms with E-state index >= 15 is 0 Å². The zero-order chi connectivity index (χ0) is 15.7. The third-order valence-electron chi connectivity index (χ3n) is 3.67. The summed E-state index contributed by atoms with van der Waals surface area (Å²) >= 11 is 1.58. The van der Waals surface area contributed by atoms with Gasteiger partial charge in [0, 0.05) is 16.6 Å². The second-order valence-corrected chi connectivity index (χ2v) is 6.18. The molecule has 6 heteroatoms. The fourth-order valence-corrected chi connectivity index (χ4v) is 3.44. The molecule has 4 rings (SSSR count). The molecule has 2 heterocycles. The van der Waals surface area contributed by atoms with Gasteiger partial charge in [0.15, 0.2) is 0 Å². The number of benzene rings is 2. The first-order valence-corrected chi connectivity index (χ1v) is 8.20. The van der Waals surface area contributed by atoms with Gasteiger partial charge in [-0.2, -0.15) is 10.5 Å². The van der Waals surface area contributed by atoms with Crippen LogP contribution >= 0.6 is 11.3 Å². The summed E-state index contributed by atoms with van der Waals surface area (Å²) in [5.41, 5.74) is 5.56. The van der Waals surface area contributed by atoms with Gasteiger partial charge < -0.3 is 0 Å². The van der Waals surface area contributed by atoms with E-state index in [-0.39, 0.29) is 0 Å². The first-order valence-electron chi connectivity index (χ1n) is 7.32. The Morgan fingerprint density at radius 3 is 2.35 bits per heavy atom. The van der Waals surface area contributed by atoms with Crippen molar-refractivity contribution >= 4 is 17.0 Å². The molecule has 1 unspecified atom stereocenters. The van der Waals surface area contributed by atoms with E-state index in [9.17, 15) is 0 Å². The molecule has 0 amide bonds. The molecule has 0 saturated carbocycles. The highest BCUT2D eigenvalue weighted by Gasteiger charge is 2.43. The Labute approximate surface area is 138 Å². The van der Waals surface area contributed by atoms with Crippen molar-refractivity contribution in [2.24, 2.45) is 10.3 Å². The number of nitrogens with one attached hydrogen (secondary N) is 1. The van der Waals surface area contributed by atoms with Crippen LogP contribution in [0.4, 0.5) is 5.69 Å². The summed E-state index contributed by atoms with van der Waals surface area (Å²) in [7, 11) is 0. The van der Waals surface area contributed by atoms with E-state index in [1.807, 2.05) is 73.0 Å². The molecule has 0 spiro atoms. The lowest BCUT2D eigenvalue weighted by Gasteiger charge is -2.25. The first-order chi connectivity index (χ1) is 11.3. The van der Waals surface area contributed by atoms with Crippen LogP contribution < -0.4 is 10.5 Å². The van der Waals surface area contributed by atoms with Crippen LogP contribution in [-0.2, 0) is 5.66 Å². The first kappa shape index (κ1) is 14.0. The second kappa shape index (κ2) is 5.57. The van der Waals surface area contributed by atoms with Crippen LogP contribution in [0.15, 0.2) is 76.4 Å². The molecule has 0 fully saturated rings. The van der Waals surface area contributed by atoms with Crippen LogP contribution in [0.3, 0.4) is 0 Å². The summed E-state index contributed by atoms with van der Waals surface area (Å²) in [6.07, 6.45) is 0. The fraction of sp³-hybridized carbons (Fsp3) is 0.118. The van der Waals surface area contributed by atoms with Gasteiger partial charge in [0.05, 0.1) is 5.69 Å². The molecule has 0 saturated heterocycles. The van der Waals surface area contributed by atoms with Gasteiger partial charge in [0.25, 0.3) is 0 Å². The Morgan fingerprint density at radius 2 is 1.70 bits per heavy atom. The Morgan fingerprint density at radius 1 is 1.00 bits per heavy atom. The van der Waals surface area contributed by atoms with Crippen molar-refractivity contribution in [2.45, 2.75) is 12.6 Å². The van der Waals surface area contributed by atoms with Gasteiger partial charge in [0.1, 0.15) is 5.01 Å². The largest absolute Gasteiger partial charge is 0.242 e. The van der Waals surface area contributed by atoms with Crippen molar-refractivity contribution in [1.82, 2.24) is 10.4 Å². The molecule has 23 heavy (non-hydrogen) atoms. The van der Waals surface area contributed by atoms with Gasteiger partial charge >= 0.3 is 0 Å². The lowest BCUT2D eigenvalue weighted by Crippen LogP contribution is -2.45. The van der Waals surface area contributed by atoms with Crippen LogP contribution in [0.1, 0.15) is 16.3 Å². The predicted octanol–water partition coefficient (Wildman–Crippen LogP) is 4.04. The molecular weight excluding hydrogens is 306 g/mol. The zero-order valence-electron chi connectivity index (χ0n) is 12.5. The number of para-hydroxylation sites is 1. The molecule has 1 aromatic heterocycles. The highest BCUT2D eigenvalue weighted by atomic mass is 32.1. The second-order valence-electron chi connectivity index (χ2n) is 5.32. The molecule has 1 N–H and O–H groups in total. The van der Waals surface area contributed by atoms with Crippen LogP contribution in [-0.4, -0.2) is 4.98 Å². The fourth-order valence-electron chi connectivity index (χ4n) is 2.53. The number of anilines is 1. The molecule has 0 radical (unpaired) electrons. The average Bonchev–Trinajstić information content (AvgIpc) is 3.24. The number of hydrazine groups is 1. The Kier molecular flexibility index (Phi) is 3.40. The van der Waals surface area contributed by atoms with Crippen molar-refractivity contribution in [1.29, 1.82) is 0 Å². The predicted molar refractivity (Wildman–Crippen MR) is 91.0 cm³/mol.